The zero-order chi connectivity index (χ0) is 11.1. The van der Waals surface area contributed by atoms with Crippen LogP contribution in [0.15, 0.2) is 23.6 Å². The van der Waals surface area contributed by atoms with Crippen molar-refractivity contribution in [2.45, 2.75) is 18.8 Å². The van der Waals surface area contributed by atoms with Crippen LogP contribution >= 0.6 is 22.9 Å². The highest BCUT2D eigenvalue weighted by Gasteiger charge is 2.26. The van der Waals surface area contributed by atoms with Crippen molar-refractivity contribution in [3.8, 4) is 10.6 Å². The molecule has 1 fully saturated rings. The third-order valence-electron chi connectivity index (χ3n) is 2.68. The van der Waals surface area contributed by atoms with Gasteiger partial charge < -0.3 is 0 Å². The molecule has 0 unspecified atom stereocenters. The summed E-state index contributed by atoms with van der Waals surface area (Å²) in [6, 6.07) is 4.71. The molecule has 0 amide bonds. The third kappa shape index (κ3) is 1.85. The second kappa shape index (κ2) is 3.82. The average Bonchev–Trinajstić information content (AvgIpc) is 2.98. The van der Waals surface area contributed by atoms with Gasteiger partial charge >= 0.3 is 0 Å². The van der Waals surface area contributed by atoms with Gasteiger partial charge in [0.2, 0.25) is 0 Å². The molecule has 0 N–H and O–H groups in total. The first-order chi connectivity index (χ1) is 7.74. The lowest BCUT2D eigenvalue weighted by atomic mass is 10.2. The van der Waals surface area contributed by atoms with E-state index in [1.165, 1.54) is 30.2 Å². The van der Waals surface area contributed by atoms with Gasteiger partial charge in [-0.25, -0.2) is 9.37 Å². The Bertz CT molecular complexity index is 534. The van der Waals surface area contributed by atoms with Crippen LogP contribution in [0.25, 0.3) is 10.6 Å². The monoisotopic (exact) mass is 253 g/mol. The van der Waals surface area contributed by atoms with Crippen molar-refractivity contribution in [2.24, 2.45) is 0 Å². The van der Waals surface area contributed by atoms with Gasteiger partial charge in [-0.1, -0.05) is 11.6 Å². The Morgan fingerprint density at radius 3 is 2.88 bits per heavy atom. The van der Waals surface area contributed by atoms with Crippen molar-refractivity contribution in [3.63, 3.8) is 0 Å². The molecule has 4 heteroatoms. The fourth-order valence-corrected chi connectivity index (χ4v) is 2.73. The molecule has 0 atom stereocenters. The molecule has 1 aliphatic carbocycles. The minimum Gasteiger partial charge on any atom is -0.241 e. The van der Waals surface area contributed by atoms with E-state index in [1.807, 2.05) is 5.38 Å². The fraction of sp³-hybridized carbons (Fsp3) is 0.250. The SMILES string of the molecule is Fc1cc(Cl)ccc1-c1nc(C2CC2)cs1. The van der Waals surface area contributed by atoms with Crippen molar-refractivity contribution >= 4 is 22.9 Å². The van der Waals surface area contributed by atoms with Crippen molar-refractivity contribution < 1.29 is 4.39 Å². The second-order valence-electron chi connectivity index (χ2n) is 3.98. The minimum atomic E-state index is -0.302. The van der Waals surface area contributed by atoms with Gasteiger partial charge in [-0.2, -0.15) is 0 Å². The summed E-state index contributed by atoms with van der Waals surface area (Å²) in [4.78, 5) is 4.47. The molecule has 0 spiro atoms. The van der Waals surface area contributed by atoms with Crippen LogP contribution in [0, 0.1) is 5.82 Å². The highest BCUT2D eigenvalue weighted by Crippen LogP contribution is 2.41. The Kier molecular flexibility index (Phi) is 2.45. The predicted octanol–water partition coefficient (Wildman–Crippen LogP) is 4.48. The maximum absolute atomic E-state index is 13.6. The fourth-order valence-electron chi connectivity index (χ4n) is 1.64. The maximum atomic E-state index is 13.6. The van der Waals surface area contributed by atoms with Crippen molar-refractivity contribution in [1.29, 1.82) is 0 Å². The lowest BCUT2D eigenvalue weighted by Crippen LogP contribution is -1.84. The molecule has 1 saturated carbocycles. The Labute approximate surface area is 102 Å². The van der Waals surface area contributed by atoms with E-state index in [2.05, 4.69) is 4.98 Å². The molecule has 0 saturated heterocycles. The zero-order valence-corrected chi connectivity index (χ0v) is 9.98. The Morgan fingerprint density at radius 2 is 2.19 bits per heavy atom. The van der Waals surface area contributed by atoms with Crippen LogP contribution < -0.4 is 0 Å². The van der Waals surface area contributed by atoms with Crippen LogP contribution in [0.5, 0.6) is 0 Å². The van der Waals surface area contributed by atoms with Crippen molar-refractivity contribution in [1.82, 2.24) is 4.98 Å². The molecule has 0 radical (unpaired) electrons. The summed E-state index contributed by atoms with van der Waals surface area (Å²) >= 11 is 7.21. The summed E-state index contributed by atoms with van der Waals surface area (Å²) in [7, 11) is 0. The van der Waals surface area contributed by atoms with Gasteiger partial charge in [0.15, 0.2) is 0 Å². The molecule has 1 heterocycles. The molecule has 1 aromatic heterocycles. The summed E-state index contributed by atoms with van der Waals surface area (Å²) < 4.78 is 13.6. The predicted molar refractivity (Wildman–Crippen MR) is 64.5 cm³/mol. The summed E-state index contributed by atoms with van der Waals surface area (Å²) in [5.74, 6) is 0.310. The van der Waals surface area contributed by atoms with E-state index in [4.69, 9.17) is 11.6 Å². The standard InChI is InChI=1S/C12H9ClFNS/c13-8-3-4-9(10(14)5-8)12-15-11(6-16-12)7-1-2-7/h3-7H,1-2H2. The smallest absolute Gasteiger partial charge is 0.134 e. The molecular weight excluding hydrogens is 245 g/mol. The molecule has 0 bridgehead atoms. The van der Waals surface area contributed by atoms with Gasteiger partial charge in [0.25, 0.3) is 0 Å². The number of aromatic nitrogens is 1. The average molecular weight is 254 g/mol. The highest BCUT2D eigenvalue weighted by molar-refractivity contribution is 7.13. The first-order valence-corrected chi connectivity index (χ1v) is 6.40. The van der Waals surface area contributed by atoms with E-state index in [0.717, 1.165) is 10.7 Å². The van der Waals surface area contributed by atoms with Gasteiger partial charge in [-0.15, -0.1) is 11.3 Å². The Balaban J connectivity index is 2.00. The number of benzene rings is 1. The first kappa shape index (κ1) is 10.2. The Hall–Kier alpha value is -0.930. The molecule has 82 valence electrons. The Morgan fingerprint density at radius 1 is 1.38 bits per heavy atom. The van der Waals surface area contributed by atoms with Gasteiger partial charge in [-0.05, 0) is 31.0 Å². The summed E-state index contributed by atoms with van der Waals surface area (Å²) in [6.45, 7) is 0. The highest BCUT2D eigenvalue weighted by atomic mass is 35.5. The van der Waals surface area contributed by atoms with E-state index in [1.54, 1.807) is 12.1 Å². The molecule has 3 rings (SSSR count). The summed E-state index contributed by atoms with van der Waals surface area (Å²) in [5.41, 5.74) is 1.65. The molecule has 16 heavy (non-hydrogen) atoms. The molecule has 1 aliphatic rings. The number of thiazole rings is 1. The topological polar surface area (TPSA) is 12.9 Å². The van der Waals surface area contributed by atoms with Crippen LogP contribution in [0.3, 0.4) is 0 Å². The second-order valence-corrected chi connectivity index (χ2v) is 5.27. The number of halogens is 2. The van der Waals surface area contributed by atoms with Crippen LogP contribution in [0.1, 0.15) is 24.5 Å². The van der Waals surface area contributed by atoms with E-state index in [0.29, 0.717) is 16.5 Å². The molecule has 0 aliphatic heterocycles. The van der Waals surface area contributed by atoms with Crippen molar-refractivity contribution in [3.05, 3.63) is 40.1 Å². The first-order valence-electron chi connectivity index (χ1n) is 5.15. The minimum absolute atomic E-state index is 0.302. The molecule has 1 nitrogen and oxygen atoms in total. The van der Waals surface area contributed by atoms with E-state index in [-0.39, 0.29) is 5.82 Å². The van der Waals surface area contributed by atoms with E-state index >= 15 is 0 Å². The van der Waals surface area contributed by atoms with Gasteiger partial charge in [-0.3, -0.25) is 0 Å². The lowest BCUT2D eigenvalue weighted by Gasteiger charge is -1.99. The summed E-state index contributed by atoms with van der Waals surface area (Å²) in [6.07, 6.45) is 2.43. The van der Waals surface area contributed by atoms with Gasteiger partial charge in [0, 0.05) is 21.9 Å². The van der Waals surface area contributed by atoms with Crippen LogP contribution in [-0.2, 0) is 0 Å². The number of rotatable bonds is 2. The summed E-state index contributed by atoms with van der Waals surface area (Å²) in [5, 5.41) is 3.19. The normalized spacial score (nSPS) is 15.4. The lowest BCUT2D eigenvalue weighted by molar-refractivity contribution is 0.631. The van der Waals surface area contributed by atoms with Crippen LogP contribution in [-0.4, -0.2) is 4.98 Å². The maximum Gasteiger partial charge on any atom is 0.134 e. The van der Waals surface area contributed by atoms with E-state index < -0.39 is 0 Å². The largest absolute Gasteiger partial charge is 0.241 e. The number of hydrogen-bond donors (Lipinski definition) is 0. The third-order valence-corrected chi connectivity index (χ3v) is 3.81. The van der Waals surface area contributed by atoms with E-state index in [9.17, 15) is 4.39 Å². The van der Waals surface area contributed by atoms with Crippen LogP contribution in [0.2, 0.25) is 5.02 Å². The quantitative estimate of drug-likeness (QED) is 0.769. The molecule has 1 aromatic carbocycles. The van der Waals surface area contributed by atoms with Crippen LogP contribution in [0.4, 0.5) is 4.39 Å². The van der Waals surface area contributed by atoms with Gasteiger partial charge in [0.1, 0.15) is 10.8 Å². The molecule has 2 aromatic rings. The van der Waals surface area contributed by atoms with Gasteiger partial charge in [0.05, 0.1) is 5.69 Å². The molecular formula is C12H9ClFNS. The van der Waals surface area contributed by atoms with Crippen molar-refractivity contribution in [2.75, 3.05) is 0 Å². The number of hydrogen-bond acceptors (Lipinski definition) is 2. The zero-order valence-electron chi connectivity index (χ0n) is 8.41. The number of nitrogens with zero attached hydrogens (tertiary/aromatic N) is 1.